The fraction of sp³-hybridized carbons (Fsp3) is 0.889. The van der Waals surface area contributed by atoms with E-state index in [0.29, 0.717) is 38.5 Å². The summed E-state index contributed by atoms with van der Waals surface area (Å²) in [5.74, 6) is -11.3. The van der Waals surface area contributed by atoms with Gasteiger partial charge in [0, 0.05) is 0 Å². The summed E-state index contributed by atoms with van der Waals surface area (Å²) in [7, 11) is 0. The van der Waals surface area contributed by atoms with Gasteiger partial charge < -0.3 is 29.5 Å². The molecular formula is C27H50O9. The molecule has 0 heterocycles. The number of ether oxygens (including phenoxy) is 3. The summed E-state index contributed by atoms with van der Waals surface area (Å²) in [6.45, 7) is 9.83. The molecule has 212 valence electrons. The molecule has 0 radical (unpaired) electrons. The molecule has 9 nitrogen and oxygen atoms in total. The molecule has 0 rings (SSSR count). The molecular weight excluding hydrogens is 468 g/mol. The zero-order valence-electron chi connectivity index (χ0n) is 23.2. The van der Waals surface area contributed by atoms with Crippen LogP contribution in [0.5, 0.6) is 0 Å². The van der Waals surface area contributed by atoms with Gasteiger partial charge in [-0.3, -0.25) is 14.4 Å². The highest BCUT2D eigenvalue weighted by Crippen LogP contribution is 2.33. The fourth-order valence-electron chi connectivity index (χ4n) is 3.88. The van der Waals surface area contributed by atoms with E-state index in [2.05, 4.69) is 0 Å². The van der Waals surface area contributed by atoms with Crippen molar-refractivity contribution in [2.45, 2.75) is 130 Å². The Hall–Kier alpha value is -1.71. The van der Waals surface area contributed by atoms with Crippen molar-refractivity contribution >= 4 is 17.9 Å². The van der Waals surface area contributed by atoms with Crippen molar-refractivity contribution in [3.63, 3.8) is 0 Å². The lowest BCUT2D eigenvalue weighted by Gasteiger charge is -2.39. The van der Waals surface area contributed by atoms with Gasteiger partial charge >= 0.3 is 29.7 Å². The Balaban J connectivity index is 6.18. The summed E-state index contributed by atoms with van der Waals surface area (Å²) in [6.07, 6.45) is 7.17. The number of carbonyl (C=O) groups is 3. The zero-order chi connectivity index (χ0) is 27.8. The van der Waals surface area contributed by atoms with Crippen molar-refractivity contribution in [3.8, 4) is 0 Å². The third kappa shape index (κ3) is 10.3. The Morgan fingerprint density at radius 3 is 1.17 bits per heavy atom. The fourth-order valence-corrected chi connectivity index (χ4v) is 3.88. The third-order valence-electron chi connectivity index (χ3n) is 6.65. The lowest BCUT2D eigenvalue weighted by Crippen LogP contribution is -2.64. The highest BCUT2D eigenvalue weighted by Gasteiger charge is 2.62. The van der Waals surface area contributed by atoms with Crippen molar-refractivity contribution in [3.05, 3.63) is 0 Å². The average Bonchev–Trinajstić information content (AvgIpc) is 2.85. The molecule has 0 aliphatic heterocycles. The van der Waals surface area contributed by atoms with Crippen LogP contribution >= 0.6 is 0 Å². The molecule has 0 aliphatic rings. The van der Waals surface area contributed by atoms with E-state index in [1.165, 1.54) is 0 Å². The van der Waals surface area contributed by atoms with Crippen molar-refractivity contribution < 1.29 is 43.9 Å². The maximum atomic E-state index is 13.0. The lowest BCUT2D eigenvalue weighted by atomic mass is 9.99. The van der Waals surface area contributed by atoms with E-state index >= 15 is 0 Å². The third-order valence-corrected chi connectivity index (χ3v) is 6.65. The normalized spacial score (nSPS) is 17.2. The van der Waals surface area contributed by atoms with Crippen LogP contribution < -0.4 is 0 Å². The summed E-state index contributed by atoms with van der Waals surface area (Å²) < 4.78 is 15.5. The van der Waals surface area contributed by atoms with Crippen LogP contribution in [-0.4, -0.2) is 51.6 Å². The SMILES string of the molecule is CCCCC(CC)C(=O)OC(O)(CO)C(O)(OC(=O)C(CC)CCCC)OC(=O)C(CC)CCCC. The molecule has 0 fully saturated rings. The second-order valence-electron chi connectivity index (χ2n) is 9.53. The number of unbranched alkanes of at least 4 members (excludes halogenated alkanes) is 3. The average molecular weight is 519 g/mol. The van der Waals surface area contributed by atoms with Gasteiger partial charge in [0.05, 0.1) is 17.8 Å². The van der Waals surface area contributed by atoms with Crippen LogP contribution in [0.1, 0.15) is 119 Å². The number of aliphatic hydroxyl groups excluding tert-OH is 1. The van der Waals surface area contributed by atoms with Crippen LogP contribution in [0.25, 0.3) is 0 Å². The molecule has 0 spiro atoms. The van der Waals surface area contributed by atoms with Crippen molar-refractivity contribution in [2.75, 3.05) is 6.61 Å². The number of rotatable bonds is 20. The maximum absolute atomic E-state index is 13.0. The van der Waals surface area contributed by atoms with Crippen LogP contribution in [0.4, 0.5) is 0 Å². The van der Waals surface area contributed by atoms with Gasteiger partial charge in [-0.15, -0.1) is 0 Å². The van der Waals surface area contributed by atoms with E-state index < -0.39 is 54.0 Å². The summed E-state index contributed by atoms with van der Waals surface area (Å²) in [4.78, 5) is 38.8. The van der Waals surface area contributed by atoms with E-state index in [4.69, 9.17) is 14.2 Å². The Morgan fingerprint density at radius 2 is 0.917 bits per heavy atom. The topological polar surface area (TPSA) is 140 Å². The van der Waals surface area contributed by atoms with E-state index in [0.717, 1.165) is 38.5 Å². The molecule has 4 atom stereocenters. The number of carbonyl (C=O) groups excluding carboxylic acids is 3. The van der Waals surface area contributed by atoms with Gasteiger partial charge in [0.25, 0.3) is 0 Å². The number of esters is 3. The minimum atomic E-state index is -3.42. The molecule has 36 heavy (non-hydrogen) atoms. The highest BCUT2D eigenvalue weighted by atomic mass is 16.9. The minimum absolute atomic E-state index is 0.378. The molecule has 0 bridgehead atoms. The van der Waals surface area contributed by atoms with E-state index in [1.54, 1.807) is 20.8 Å². The number of aliphatic hydroxyl groups is 3. The first-order chi connectivity index (χ1) is 17.0. The Morgan fingerprint density at radius 1 is 0.611 bits per heavy atom. The Labute approximate surface area is 216 Å². The Bertz CT molecular complexity index is 621. The van der Waals surface area contributed by atoms with Crippen LogP contribution in [0.3, 0.4) is 0 Å². The van der Waals surface area contributed by atoms with Crippen molar-refractivity contribution in [2.24, 2.45) is 17.8 Å². The zero-order valence-corrected chi connectivity index (χ0v) is 23.2. The van der Waals surface area contributed by atoms with Crippen LogP contribution in [0.15, 0.2) is 0 Å². The van der Waals surface area contributed by atoms with Crippen molar-refractivity contribution in [1.29, 1.82) is 0 Å². The number of hydrogen-bond acceptors (Lipinski definition) is 9. The first-order valence-corrected chi connectivity index (χ1v) is 13.8. The van der Waals surface area contributed by atoms with Gasteiger partial charge in [-0.25, -0.2) is 0 Å². The predicted octanol–water partition coefficient (Wildman–Crippen LogP) is 4.59. The highest BCUT2D eigenvalue weighted by molar-refractivity contribution is 5.75. The van der Waals surface area contributed by atoms with Gasteiger partial charge in [0.1, 0.15) is 6.61 Å². The lowest BCUT2D eigenvalue weighted by molar-refractivity contribution is -0.450. The van der Waals surface area contributed by atoms with E-state index in [-0.39, 0.29) is 0 Å². The number of hydrogen-bond donors (Lipinski definition) is 3. The Kier molecular flexibility index (Phi) is 16.9. The molecule has 9 heteroatoms. The second kappa shape index (κ2) is 17.7. The van der Waals surface area contributed by atoms with Gasteiger partial charge in [0.15, 0.2) is 0 Å². The molecule has 0 aliphatic carbocycles. The molecule has 0 saturated carbocycles. The minimum Gasteiger partial charge on any atom is -0.419 e. The smallest absolute Gasteiger partial charge is 0.419 e. The van der Waals surface area contributed by atoms with E-state index in [1.807, 2.05) is 20.8 Å². The van der Waals surface area contributed by atoms with Crippen LogP contribution in [0.2, 0.25) is 0 Å². The first kappa shape index (κ1) is 34.3. The molecule has 4 unspecified atom stereocenters. The predicted molar refractivity (Wildman–Crippen MR) is 135 cm³/mol. The van der Waals surface area contributed by atoms with Crippen LogP contribution in [-0.2, 0) is 28.6 Å². The van der Waals surface area contributed by atoms with Crippen molar-refractivity contribution in [1.82, 2.24) is 0 Å². The van der Waals surface area contributed by atoms with Gasteiger partial charge in [-0.1, -0.05) is 80.1 Å². The summed E-state index contributed by atoms with van der Waals surface area (Å²) in [5.41, 5.74) is 0. The maximum Gasteiger partial charge on any atom is 0.446 e. The quantitative estimate of drug-likeness (QED) is 0.156. The summed E-state index contributed by atoms with van der Waals surface area (Å²) in [6, 6.07) is 0. The molecule has 3 N–H and O–H groups in total. The molecule has 0 amide bonds. The molecule has 0 aromatic heterocycles. The molecule has 0 saturated heterocycles. The standard InChI is InChI=1S/C27H50O9/c1-7-13-16-20(10-4)23(29)34-26(32,19-28)27(33,35-24(30)21(11-5)17-14-8-2)36-25(31)22(12-6)18-15-9-3/h20-22,28,32-33H,7-19H2,1-6H3. The van der Waals surface area contributed by atoms with Crippen LogP contribution in [0, 0.1) is 17.8 Å². The summed E-state index contributed by atoms with van der Waals surface area (Å²) >= 11 is 0. The monoisotopic (exact) mass is 518 g/mol. The first-order valence-electron chi connectivity index (χ1n) is 13.8. The second-order valence-corrected chi connectivity index (χ2v) is 9.53. The van der Waals surface area contributed by atoms with Gasteiger partial charge in [-0.2, -0.15) is 0 Å². The largest absolute Gasteiger partial charge is 0.446 e. The van der Waals surface area contributed by atoms with Gasteiger partial charge in [0.2, 0.25) is 0 Å². The molecule has 0 aromatic carbocycles. The van der Waals surface area contributed by atoms with Gasteiger partial charge in [-0.05, 0) is 38.5 Å². The summed E-state index contributed by atoms with van der Waals surface area (Å²) in [5, 5.41) is 32.5. The van der Waals surface area contributed by atoms with E-state index in [9.17, 15) is 29.7 Å². The molecule has 0 aromatic rings.